The second kappa shape index (κ2) is 7.10. The summed E-state index contributed by atoms with van der Waals surface area (Å²) in [6.07, 6.45) is -4.45. The fourth-order valence-electron chi connectivity index (χ4n) is 3.64. The first-order valence-corrected chi connectivity index (χ1v) is 10.6. The van der Waals surface area contributed by atoms with Crippen LogP contribution in [0.1, 0.15) is 28.4 Å². The van der Waals surface area contributed by atoms with Gasteiger partial charge >= 0.3 is 6.18 Å². The Morgan fingerprint density at radius 1 is 1.00 bits per heavy atom. The molecule has 1 amide bonds. The maximum Gasteiger partial charge on any atom is 0.416 e. The highest BCUT2D eigenvalue weighted by molar-refractivity contribution is 7.89. The predicted molar refractivity (Wildman–Crippen MR) is 107 cm³/mol. The second-order valence-corrected chi connectivity index (χ2v) is 8.61. The molecule has 1 aliphatic rings. The van der Waals surface area contributed by atoms with Crippen LogP contribution in [0.5, 0.6) is 0 Å². The van der Waals surface area contributed by atoms with E-state index in [0.29, 0.717) is 34.1 Å². The molecule has 0 unspecified atom stereocenters. The fraction of sp³-hybridized carbons (Fsp3) is 0.190. The number of hydrogen-bond donors (Lipinski definition) is 1. The maximum atomic E-state index is 12.9. The Balaban J connectivity index is 1.66. The second-order valence-electron chi connectivity index (χ2n) is 6.88. The minimum absolute atomic E-state index is 0.0146. The Hall–Kier alpha value is -2.91. The molecule has 9 heteroatoms. The van der Waals surface area contributed by atoms with E-state index in [9.17, 15) is 26.4 Å². The number of alkyl halides is 3. The van der Waals surface area contributed by atoms with Gasteiger partial charge in [0.15, 0.2) is 0 Å². The molecule has 0 aliphatic carbocycles. The van der Waals surface area contributed by atoms with Crippen molar-refractivity contribution in [1.29, 1.82) is 0 Å². The third-order valence-electron chi connectivity index (χ3n) is 5.10. The normalized spacial score (nSPS) is 14.0. The zero-order valence-corrected chi connectivity index (χ0v) is 16.6. The van der Waals surface area contributed by atoms with Gasteiger partial charge in [0.25, 0.3) is 5.91 Å². The molecule has 4 rings (SSSR count). The molecule has 0 atom stereocenters. The number of nitrogens with zero attached hydrogens (tertiary/aromatic N) is 1. The van der Waals surface area contributed by atoms with E-state index in [2.05, 4.69) is 4.72 Å². The smallest absolute Gasteiger partial charge is 0.308 e. The van der Waals surface area contributed by atoms with E-state index in [-0.39, 0.29) is 17.3 Å². The Kier molecular flexibility index (Phi) is 4.82. The van der Waals surface area contributed by atoms with Crippen LogP contribution in [0.2, 0.25) is 0 Å². The first-order chi connectivity index (χ1) is 14.1. The van der Waals surface area contributed by atoms with Crippen LogP contribution < -0.4 is 9.62 Å². The van der Waals surface area contributed by atoms with Gasteiger partial charge in [-0.25, -0.2) is 13.1 Å². The molecule has 0 aromatic heterocycles. The summed E-state index contributed by atoms with van der Waals surface area (Å²) in [5.74, 6) is -0.176. The van der Waals surface area contributed by atoms with Crippen LogP contribution >= 0.6 is 0 Å². The quantitative estimate of drug-likeness (QED) is 0.651. The minimum Gasteiger partial charge on any atom is -0.308 e. The highest BCUT2D eigenvalue weighted by Gasteiger charge is 2.32. The zero-order valence-electron chi connectivity index (χ0n) is 15.8. The van der Waals surface area contributed by atoms with E-state index >= 15 is 0 Å². The number of anilines is 1. The van der Waals surface area contributed by atoms with E-state index in [4.69, 9.17) is 0 Å². The van der Waals surface area contributed by atoms with Gasteiger partial charge < -0.3 is 4.90 Å². The van der Waals surface area contributed by atoms with Gasteiger partial charge in [0.1, 0.15) is 0 Å². The van der Waals surface area contributed by atoms with E-state index in [1.54, 1.807) is 29.2 Å². The monoisotopic (exact) mass is 434 g/mol. The number of nitrogens with one attached hydrogen (secondary N) is 1. The van der Waals surface area contributed by atoms with E-state index < -0.39 is 21.8 Å². The molecule has 156 valence electrons. The summed E-state index contributed by atoms with van der Waals surface area (Å²) in [7, 11) is -3.97. The predicted octanol–water partition coefficient (Wildman–Crippen LogP) is 4.32. The molecule has 0 spiro atoms. The Bertz CT molecular complexity index is 1250. The van der Waals surface area contributed by atoms with Gasteiger partial charge in [0, 0.05) is 29.4 Å². The molecule has 0 saturated carbocycles. The van der Waals surface area contributed by atoms with Crippen LogP contribution in [0, 0.1) is 0 Å². The van der Waals surface area contributed by atoms with Crippen LogP contribution in [-0.2, 0) is 22.7 Å². The Morgan fingerprint density at radius 2 is 1.70 bits per heavy atom. The molecule has 0 fully saturated rings. The number of carbonyl (C=O) groups is 1. The summed E-state index contributed by atoms with van der Waals surface area (Å²) in [4.78, 5) is 14.2. The standard InChI is InChI=1S/C21H17F3N2O3S/c1-2-26-17-10-11-18(15-4-3-5-16(19(15)17)20(26)27)30(28,29)25-12-13-6-8-14(9-7-13)21(22,23)24/h3-11,25H,2,12H2,1H3. The number of amides is 1. The number of rotatable bonds is 5. The molecule has 1 aliphatic heterocycles. The van der Waals surface area contributed by atoms with Crippen molar-refractivity contribution in [1.82, 2.24) is 4.72 Å². The first-order valence-electron chi connectivity index (χ1n) is 9.17. The van der Waals surface area contributed by atoms with E-state index in [1.165, 1.54) is 18.2 Å². The molecule has 3 aromatic rings. The number of sulfonamides is 1. The average Bonchev–Trinajstić information content (AvgIpc) is 2.99. The largest absolute Gasteiger partial charge is 0.416 e. The van der Waals surface area contributed by atoms with Gasteiger partial charge in [-0.2, -0.15) is 13.2 Å². The number of benzene rings is 3. The third-order valence-corrected chi connectivity index (χ3v) is 6.56. The van der Waals surface area contributed by atoms with Gasteiger partial charge in [0.2, 0.25) is 10.0 Å². The van der Waals surface area contributed by atoms with Crippen molar-refractivity contribution in [2.75, 3.05) is 11.4 Å². The number of carbonyl (C=O) groups excluding carboxylic acids is 1. The summed E-state index contributed by atoms with van der Waals surface area (Å²) in [6, 6.07) is 12.3. The van der Waals surface area contributed by atoms with Gasteiger partial charge in [-0.05, 0) is 42.8 Å². The topological polar surface area (TPSA) is 66.5 Å². The van der Waals surface area contributed by atoms with E-state index in [0.717, 1.165) is 12.1 Å². The van der Waals surface area contributed by atoms with Gasteiger partial charge in [0.05, 0.1) is 16.1 Å². The first kappa shape index (κ1) is 20.4. The van der Waals surface area contributed by atoms with Crippen molar-refractivity contribution >= 4 is 32.4 Å². The summed E-state index contributed by atoms with van der Waals surface area (Å²) in [5, 5.41) is 1.01. The maximum absolute atomic E-state index is 12.9. The number of hydrogen-bond acceptors (Lipinski definition) is 3. The SMILES string of the molecule is CCN1C(=O)c2cccc3c(S(=O)(=O)NCc4ccc(C(F)(F)F)cc4)ccc1c23. The lowest BCUT2D eigenvalue weighted by molar-refractivity contribution is -0.137. The lowest BCUT2D eigenvalue weighted by Gasteiger charge is -2.15. The third kappa shape index (κ3) is 3.33. The molecule has 5 nitrogen and oxygen atoms in total. The van der Waals surface area contributed by atoms with Crippen LogP contribution in [0.4, 0.5) is 18.9 Å². The van der Waals surface area contributed by atoms with Gasteiger partial charge in [-0.1, -0.05) is 24.3 Å². The molecule has 0 saturated heterocycles. The lowest BCUT2D eigenvalue weighted by atomic mass is 10.1. The molecule has 30 heavy (non-hydrogen) atoms. The molecule has 3 aromatic carbocycles. The highest BCUT2D eigenvalue weighted by atomic mass is 32.2. The van der Waals surface area contributed by atoms with Crippen LogP contribution in [0.15, 0.2) is 59.5 Å². The van der Waals surface area contributed by atoms with Crippen molar-refractivity contribution < 1.29 is 26.4 Å². The van der Waals surface area contributed by atoms with Crippen LogP contribution in [0.25, 0.3) is 10.8 Å². The summed E-state index contributed by atoms with van der Waals surface area (Å²) in [5.41, 5.74) is 0.704. The molecular weight excluding hydrogens is 417 g/mol. The fourth-order valence-corrected chi connectivity index (χ4v) is 4.85. The Labute approximate surface area is 171 Å². The van der Waals surface area contributed by atoms with Gasteiger partial charge in [-0.15, -0.1) is 0 Å². The molecule has 1 heterocycles. The van der Waals surface area contributed by atoms with E-state index in [1.807, 2.05) is 6.92 Å². The highest BCUT2D eigenvalue weighted by Crippen LogP contribution is 2.40. The van der Waals surface area contributed by atoms with Crippen molar-refractivity contribution in [2.45, 2.75) is 24.5 Å². The lowest BCUT2D eigenvalue weighted by Crippen LogP contribution is -2.26. The number of halogens is 3. The molecule has 1 N–H and O–H groups in total. The molecule has 0 radical (unpaired) electrons. The van der Waals surface area contributed by atoms with Gasteiger partial charge in [-0.3, -0.25) is 4.79 Å². The molecule has 0 bridgehead atoms. The minimum atomic E-state index is -4.45. The van der Waals surface area contributed by atoms with Crippen LogP contribution in [-0.4, -0.2) is 20.9 Å². The van der Waals surface area contributed by atoms with Crippen molar-refractivity contribution in [2.24, 2.45) is 0 Å². The van der Waals surface area contributed by atoms with Crippen molar-refractivity contribution in [3.8, 4) is 0 Å². The summed E-state index contributed by atoms with van der Waals surface area (Å²) in [6.45, 7) is 2.14. The zero-order chi connectivity index (χ0) is 21.7. The molecular formula is C21H17F3N2O3S. The van der Waals surface area contributed by atoms with Crippen molar-refractivity contribution in [3.63, 3.8) is 0 Å². The van der Waals surface area contributed by atoms with Crippen LogP contribution in [0.3, 0.4) is 0 Å². The Morgan fingerprint density at radius 3 is 2.33 bits per heavy atom. The summed E-state index contributed by atoms with van der Waals surface area (Å²) >= 11 is 0. The average molecular weight is 434 g/mol. The summed E-state index contributed by atoms with van der Waals surface area (Å²) < 4.78 is 66.3. The van der Waals surface area contributed by atoms with Crippen molar-refractivity contribution in [3.05, 3.63) is 71.3 Å².